The minimum Gasteiger partial charge on any atom is -0.272 e. The molecular weight excluding hydrogens is 400 g/mol. The first-order valence-electron chi connectivity index (χ1n) is 8.63. The van der Waals surface area contributed by atoms with Crippen molar-refractivity contribution in [1.82, 2.24) is 4.31 Å². The number of nitrogens with zero attached hydrogens (tertiary/aromatic N) is 3. The van der Waals surface area contributed by atoms with E-state index in [0.717, 1.165) is 29.4 Å². The van der Waals surface area contributed by atoms with Crippen molar-refractivity contribution in [3.05, 3.63) is 58.1 Å². The van der Waals surface area contributed by atoms with E-state index in [9.17, 15) is 18.5 Å². The molecule has 3 rings (SSSR count). The maximum absolute atomic E-state index is 12.6. The van der Waals surface area contributed by atoms with Gasteiger partial charge in [-0.1, -0.05) is 12.1 Å². The Hall–Kier alpha value is -2.43. The van der Waals surface area contributed by atoms with Gasteiger partial charge < -0.3 is 0 Å². The maximum atomic E-state index is 12.6. The molecule has 8 nitrogen and oxygen atoms in total. The summed E-state index contributed by atoms with van der Waals surface area (Å²) in [4.78, 5) is 11.9. The number of nitro benzene ring substituents is 1. The van der Waals surface area contributed by atoms with Gasteiger partial charge in [0.2, 0.25) is 10.0 Å². The third-order valence-corrected chi connectivity index (χ3v) is 7.02. The Morgan fingerprint density at radius 3 is 2.46 bits per heavy atom. The van der Waals surface area contributed by atoms with Crippen LogP contribution in [0.4, 0.5) is 11.4 Å². The van der Waals surface area contributed by atoms with Gasteiger partial charge in [-0.2, -0.15) is 9.41 Å². The van der Waals surface area contributed by atoms with E-state index >= 15 is 0 Å². The lowest BCUT2D eigenvalue weighted by Gasteiger charge is -2.15. The smallest absolute Gasteiger partial charge is 0.272 e. The quantitative estimate of drug-likeness (QED) is 0.318. The first-order valence-corrected chi connectivity index (χ1v) is 11.3. The Morgan fingerprint density at radius 2 is 1.86 bits per heavy atom. The van der Waals surface area contributed by atoms with Gasteiger partial charge in [0.05, 0.1) is 16.0 Å². The Morgan fingerprint density at radius 1 is 1.18 bits per heavy atom. The van der Waals surface area contributed by atoms with Crippen molar-refractivity contribution in [1.29, 1.82) is 0 Å². The zero-order valence-electron chi connectivity index (χ0n) is 15.2. The highest BCUT2D eigenvalue weighted by molar-refractivity contribution is 7.98. The molecule has 0 spiro atoms. The second kappa shape index (κ2) is 8.72. The number of sulfonamides is 1. The second-order valence-corrected chi connectivity index (χ2v) is 9.01. The Kier molecular flexibility index (Phi) is 6.32. The lowest BCUT2D eigenvalue weighted by Crippen LogP contribution is -2.27. The van der Waals surface area contributed by atoms with Crippen molar-refractivity contribution in [2.45, 2.75) is 22.6 Å². The van der Waals surface area contributed by atoms with Crippen molar-refractivity contribution < 1.29 is 13.3 Å². The molecule has 0 aliphatic carbocycles. The summed E-state index contributed by atoms with van der Waals surface area (Å²) >= 11 is 1.63. The molecule has 1 heterocycles. The van der Waals surface area contributed by atoms with Crippen molar-refractivity contribution >= 4 is 39.4 Å². The molecule has 0 amide bonds. The Bertz CT molecular complexity index is 985. The fraction of sp³-hybridized carbons (Fsp3) is 0.278. The molecule has 1 N–H and O–H groups in total. The van der Waals surface area contributed by atoms with Crippen LogP contribution < -0.4 is 5.43 Å². The topological polar surface area (TPSA) is 105 Å². The summed E-state index contributed by atoms with van der Waals surface area (Å²) in [5.74, 6) is 0. The molecule has 2 aromatic rings. The van der Waals surface area contributed by atoms with E-state index in [4.69, 9.17) is 0 Å². The summed E-state index contributed by atoms with van der Waals surface area (Å²) in [6.07, 6.45) is 5.13. The summed E-state index contributed by atoms with van der Waals surface area (Å²) in [5.41, 5.74) is 3.26. The first-order chi connectivity index (χ1) is 13.4. The molecule has 10 heteroatoms. The van der Waals surface area contributed by atoms with Gasteiger partial charge in [0.1, 0.15) is 5.69 Å². The number of rotatable bonds is 7. The van der Waals surface area contributed by atoms with E-state index in [0.29, 0.717) is 13.1 Å². The molecule has 0 saturated carbocycles. The Labute approximate surface area is 167 Å². The monoisotopic (exact) mass is 420 g/mol. The van der Waals surface area contributed by atoms with Crippen LogP contribution in [0.1, 0.15) is 18.4 Å². The maximum Gasteiger partial charge on any atom is 0.295 e. The van der Waals surface area contributed by atoms with Crippen LogP contribution in [0.3, 0.4) is 0 Å². The molecule has 148 valence electrons. The van der Waals surface area contributed by atoms with Crippen LogP contribution >= 0.6 is 11.8 Å². The normalized spacial score (nSPS) is 15.2. The summed E-state index contributed by atoms with van der Waals surface area (Å²) in [7, 11) is -3.72. The highest BCUT2D eigenvalue weighted by Crippen LogP contribution is 2.30. The summed E-state index contributed by atoms with van der Waals surface area (Å²) in [6, 6.07) is 11.5. The molecule has 2 aromatic carbocycles. The van der Waals surface area contributed by atoms with Crippen LogP contribution in [0.2, 0.25) is 0 Å². The predicted octanol–water partition coefficient (Wildman–Crippen LogP) is 3.55. The molecule has 28 heavy (non-hydrogen) atoms. The van der Waals surface area contributed by atoms with E-state index in [-0.39, 0.29) is 16.3 Å². The lowest BCUT2D eigenvalue weighted by molar-refractivity contribution is -0.384. The summed E-state index contributed by atoms with van der Waals surface area (Å²) < 4.78 is 26.6. The first kappa shape index (κ1) is 20.3. The van der Waals surface area contributed by atoms with Crippen LogP contribution in [-0.2, 0) is 10.0 Å². The van der Waals surface area contributed by atoms with Gasteiger partial charge >= 0.3 is 0 Å². The van der Waals surface area contributed by atoms with Crippen LogP contribution in [0.25, 0.3) is 0 Å². The number of hydrogen-bond donors (Lipinski definition) is 1. The SMILES string of the molecule is CSc1ccc(/C=N/Nc2ccc(S(=O)(=O)N3CCCC3)cc2[N+](=O)[O-])cc1. The van der Waals surface area contributed by atoms with Gasteiger partial charge in [0.25, 0.3) is 5.69 Å². The van der Waals surface area contributed by atoms with E-state index in [1.54, 1.807) is 18.0 Å². The molecule has 0 bridgehead atoms. The molecule has 0 radical (unpaired) electrons. The van der Waals surface area contributed by atoms with Gasteiger partial charge in [-0.25, -0.2) is 8.42 Å². The summed E-state index contributed by atoms with van der Waals surface area (Å²) in [5, 5.41) is 15.5. The van der Waals surface area contributed by atoms with Gasteiger partial charge in [-0.05, 0) is 48.9 Å². The van der Waals surface area contributed by atoms with Gasteiger partial charge in [0, 0.05) is 24.1 Å². The van der Waals surface area contributed by atoms with Crippen molar-refractivity contribution in [3.8, 4) is 0 Å². The fourth-order valence-corrected chi connectivity index (χ4v) is 4.81. The molecule has 0 aromatic heterocycles. The van der Waals surface area contributed by atoms with E-state index < -0.39 is 14.9 Å². The Balaban J connectivity index is 1.81. The highest BCUT2D eigenvalue weighted by atomic mass is 32.2. The number of benzene rings is 2. The van der Waals surface area contributed by atoms with Crippen LogP contribution in [0.15, 0.2) is 57.4 Å². The zero-order valence-corrected chi connectivity index (χ0v) is 16.9. The average molecular weight is 421 g/mol. The second-order valence-electron chi connectivity index (χ2n) is 6.19. The summed E-state index contributed by atoms with van der Waals surface area (Å²) in [6.45, 7) is 0.880. The fourth-order valence-electron chi connectivity index (χ4n) is 2.86. The molecule has 1 aliphatic rings. The molecule has 0 unspecified atom stereocenters. The predicted molar refractivity (Wildman–Crippen MR) is 111 cm³/mol. The third kappa shape index (κ3) is 4.51. The lowest BCUT2D eigenvalue weighted by atomic mass is 10.2. The van der Waals surface area contributed by atoms with Gasteiger partial charge in [-0.3, -0.25) is 15.5 Å². The molecule has 1 aliphatic heterocycles. The number of anilines is 1. The number of thioether (sulfide) groups is 1. The average Bonchev–Trinajstić information content (AvgIpc) is 3.24. The van der Waals surface area contributed by atoms with Crippen molar-refractivity contribution in [2.24, 2.45) is 5.10 Å². The largest absolute Gasteiger partial charge is 0.295 e. The minimum atomic E-state index is -3.72. The zero-order chi connectivity index (χ0) is 20.1. The molecule has 0 atom stereocenters. The van der Waals surface area contributed by atoms with Gasteiger partial charge in [-0.15, -0.1) is 11.8 Å². The number of nitro groups is 1. The third-order valence-electron chi connectivity index (χ3n) is 4.38. The van der Waals surface area contributed by atoms with E-state index in [1.807, 2.05) is 30.5 Å². The van der Waals surface area contributed by atoms with Crippen molar-refractivity contribution in [3.63, 3.8) is 0 Å². The molecular formula is C18H20N4O4S2. The van der Waals surface area contributed by atoms with Crippen LogP contribution in [0.5, 0.6) is 0 Å². The minimum absolute atomic E-state index is 0.0803. The number of nitrogens with one attached hydrogen (secondary N) is 1. The molecule has 1 fully saturated rings. The standard InChI is InChI=1S/C18H20N4O4S2/c1-27-15-6-4-14(5-7-15)13-19-20-17-9-8-16(12-18(17)22(23)24)28(25,26)21-10-2-3-11-21/h4-9,12-13,20H,2-3,10-11H2,1H3/b19-13+. The number of hydrogen-bond acceptors (Lipinski definition) is 7. The van der Waals surface area contributed by atoms with Crippen molar-refractivity contribution in [2.75, 3.05) is 24.8 Å². The van der Waals surface area contributed by atoms with Gasteiger partial charge in [0.15, 0.2) is 0 Å². The number of hydrazone groups is 1. The van der Waals surface area contributed by atoms with Crippen LogP contribution in [-0.4, -0.2) is 43.2 Å². The van der Waals surface area contributed by atoms with Crippen LogP contribution in [0, 0.1) is 10.1 Å². The van der Waals surface area contributed by atoms with E-state index in [1.165, 1.54) is 16.4 Å². The van der Waals surface area contributed by atoms with E-state index in [2.05, 4.69) is 10.5 Å². The molecule has 1 saturated heterocycles. The highest BCUT2D eigenvalue weighted by Gasteiger charge is 2.29.